The fraction of sp³-hybridized carbons (Fsp3) is 1.00. The summed E-state index contributed by atoms with van der Waals surface area (Å²) in [6.07, 6.45) is 4.82. The fourth-order valence-electron chi connectivity index (χ4n) is 1.19. The molecule has 0 aliphatic heterocycles. The van der Waals surface area contributed by atoms with Crippen LogP contribution >= 0.6 is 7.60 Å². The zero-order valence-corrected chi connectivity index (χ0v) is 12.1. The van der Waals surface area contributed by atoms with Crippen LogP contribution in [0.2, 0.25) is 0 Å². The van der Waals surface area contributed by atoms with E-state index in [1.54, 1.807) is 0 Å². The van der Waals surface area contributed by atoms with Crippen molar-refractivity contribution in [1.29, 1.82) is 0 Å². The van der Waals surface area contributed by atoms with Crippen molar-refractivity contribution in [2.45, 2.75) is 65.5 Å². The highest BCUT2D eigenvalue weighted by molar-refractivity contribution is 7.54. The molecule has 4 heteroatoms. The molecule has 0 bridgehead atoms. The average Bonchev–Trinajstić information content (AvgIpc) is 2.28. The van der Waals surface area contributed by atoms with Crippen LogP contribution in [0, 0.1) is 0 Å². The number of hydrogen-bond donors (Lipinski definition) is 0. The van der Waals surface area contributed by atoms with Crippen LogP contribution in [-0.4, -0.2) is 18.9 Å². The van der Waals surface area contributed by atoms with E-state index in [1.165, 1.54) is 0 Å². The van der Waals surface area contributed by atoms with Gasteiger partial charge < -0.3 is 9.05 Å². The molecule has 1 unspecified atom stereocenters. The predicted octanol–water partition coefficient (Wildman–Crippen LogP) is 4.61. The van der Waals surface area contributed by atoms with E-state index in [0.29, 0.717) is 13.2 Å². The lowest BCUT2D eigenvalue weighted by Gasteiger charge is -2.23. The van der Waals surface area contributed by atoms with Gasteiger partial charge in [-0.15, -0.1) is 0 Å². The lowest BCUT2D eigenvalue weighted by molar-refractivity contribution is 0.193. The summed E-state index contributed by atoms with van der Waals surface area (Å²) in [4.78, 5) is 0. The molecule has 0 aromatic carbocycles. The summed E-state index contributed by atoms with van der Waals surface area (Å²) in [5.74, 6) is 0. The molecule has 0 aliphatic rings. The topological polar surface area (TPSA) is 35.5 Å². The van der Waals surface area contributed by atoms with Crippen molar-refractivity contribution in [3.63, 3.8) is 0 Å². The molecule has 0 heterocycles. The zero-order chi connectivity index (χ0) is 12.4. The number of hydrogen-bond acceptors (Lipinski definition) is 3. The van der Waals surface area contributed by atoms with Gasteiger partial charge in [0.15, 0.2) is 0 Å². The van der Waals surface area contributed by atoms with Gasteiger partial charge in [-0.3, -0.25) is 4.57 Å². The Hall–Kier alpha value is 0.150. The van der Waals surface area contributed by atoms with E-state index in [9.17, 15) is 4.57 Å². The third-order valence-electron chi connectivity index (χ3n) is 2.67. The highest BCUT2D eigenvalue weighted by atomic mass is 31.2. The van der Waals surface area contributed by atoms with Crippen molar-refractivity contribution in [1.82, 2.24) is 0 Å². The smallest absolute Gasteiger partial charge is 0.308 e. The summed E-state index contributed by atoms with van der Waals surface area (Å²) in [5, 5.41) is 0. The normalized spacial score (nSPS) is 14.0. The summed E-state index contributed by atoms with van der Waals surface area (Å²) in [7, 11) is -2.87. The van der Waals surface area contributed by atoms with Crippen molar-refractivity contribution in [2.24, 2.45) is 0 Å². The van der Waals surface area contributed by atoms with Gasteiger partial charge >= 0.3 is 7.60 Å². The molecule has 1 atom stereocenters. The molecule has 16 heavy (non-hydrogen) atoms. The largest absolute Gasteiger partial charge is 0.333 e. The monoisotopic (exact) mass is 250 g/mol. The van der Waals surface area contributed by atoms with Crippen LogP contribution in [0.1, 0.15) is 59.8 Å². The van der Waals surface area contributed by atoms with Crippen LogP contribution in [-0.2, 0) is 13.6 Å². The molecular weight excluding hydrogens is 223 g/mol. The minimum absolute atomic E-state index is 0.00112. The summed E-state index contributed by atoms with van der Waals surface area (Å²) in [5.41, 5.74) is 0.00112. The Bertz CT molecular complexity index is 192. The van der Waals surface area contributed by atoms with E-state index in [-0.39, 0.29) is 5.66 Å². The third kappa shape index (κ3) is 6.03. The van der Waals surface area contributed by atoms with Crippen molar-refractivity contribution >= 4 is 7.60 Å². The Balaban J connectivity index is 4.19. The van der Waals surface area contributed by atoms with Crippen LogP contribution in [0.3, 0.4) is 0 Å². The van der Waals surface area contributed by atoms with E-state index in [4.69, 9.17) is 9.05 Å². The maximum atomic E-state index is 12.4. The van der Waals surface area contributed by atoms with Crippen LogP contribution in [0.15, 0.2) is 0 Å². The highest BCUT2D eigenvalue weighted by Gasteiger charge is 2.30. The van der Waals surface area contributed by atoms with Crippen LogP contribution in [0.5, 0.6) is 0 Å². The average molecular weight is 250 g/mol. The quantitative estimate of drug-likeness (QED) is 0.419. The number of rotatable bonds is 10. The second-order valence-electron chi connectivity index (χ2n) is 4.17. The van der Waals surface area contributed by atoms with Crippen LogP contribution in [0.25, 0.3) is 0 Å². The molecule has 0 N–H and O–H groups in total. The second kappa shape index (κ2) is 9.21. The molecule has 0 radical (unpaired) electrons. The summed E-state index contributed by atoms with van der Waals surface area (Å²) >= 11 is 0. The maximum absolute atomic E-state index is 12.4. The summed E-state index contributed by atoms with van der Waals surface area (Å²) < 4.78 is 23.5. The first-order chi connectivity index (χ1) is 7.60. The minimum Gasteiger partial charge on any atom is -0.308 e. The predicted molar refractivity (Wildman–Crippen MR) is 69.1 cm³/mol. The SMILES string of the molecule is CCCCOP(=O)(OCCCC)C(C)CC. The summed E-state index contributed by atoms with van der Waals surface area (Å²) in [6, 6.07) is 0. The van der Waals surface area contributed by atoms with Gasteiger partial charge in [-0.05, 0) is 19.3 Å². The van der Waals surface area contributed by atoms with Gasteiger partial charge in [0.1, 0.15) is 0 Å². The maximum Gasteiger partial charge on any atom is 0.333 e. The molecule has 3 nitrogen and oxygen atoms in total. The van der Waals surface area contributed by atoms with Gasteiger partial charge in [-0.1, -0.05) is 40.5 Å². The van der Waals surface area contributed by atoms with Gasteiger partial charge in [0.2, 0.25) is 0 Å². The molecule has 0 amide bonds. The molecule has 0 aliphatic carbocycles. The Morgan fingerprint density at radius 2 is 1.44 bits per heavy atom. The van der Waals surface area contributed by atoms with Crippen molar-refractivity contribution in [3.8, 4) is 0 Å². The van der Waals surface area contributed by atoms with Gasteiger partial charge in [-0.2, -0.15) is 0 Å². The van der Waals surface area contributed by atoms with Gasteiger partial charge in [0.25, 0.3) is 0 Å². The van der Waals surface area contributed by atoms with E-state index < -0.39 is 7.60 Å². The van der Waals surface area contributed by atoms with Gasteiger partial charge in [-0.25, -0.2) is 0 Å². The lowest BCUT2D eigenvalue weighted by atomic mass is 10.4. The molecule has 0 fully saturated rings. The van der Waals surface area contributed by atoms with Crippen LogP contribution in [0.4, 0.5) is 0 Å². The van der Waals surface area contributed by atoms with E-state index in [2.05, 4.69) is 13.8 Å². The van der Waals surface area contributed by atoms with Crippen molar-refractivity contribution < 1.29 is 13.6 Å². The van der Waals surface area contributed by atoms with Crippen molar-refractivity contribution in [3.05, 3.63) is 0 Å². The van der Waals surface area contributed by atoms with Crippen molar-refractivity contribution in [2.75, 3.05) is 13.2 Å². The van der Waals surface area contributed by atoms with Crippen LogP contribution < -0.4 is 0 Å². The first kappa shape index (κ1) is 16.1. The Morgan fingerprint density at radius 1 is 1.00 bits per heavy atom. The molecule has 0 spiro atoms. The standard InChI is InChI=1S/C12H27O3P/c1-5-8-10-14-16(13,12(4)7-3)15-11-9-6-2/h12H,5-11H2,1-4H3. The Kier molecular flexibility index (Phi) is 9.29. The molecule has 0 aromatic heterocycles. The lowest BCUT2D eigenvalue weighted by Crippen LogP contribution is -2.10. The first-order valence-electron chi connectivity index (χ1n) is 6.49. The van der Waals surface area contributed by atoms with Gasteiger partial charge in [0, 0.05) is 0 Å². The Labute approximate surface area is 100 Å². The van der Waals surface area contributed by atoms with E-state index >= 15 is 0 Å². The summed E-state index contributed by atoms with van der Waals surface area (Å²) in [6.45, 7) is 9.24. The highest BCUT2D eigenvalue weighted by Crippen LogP contribution is 2.54. The number of unbranched alkanes of at least 4 members (excludes halogenated alkanes) is 2. The molecule has 0 saturated heterocycles. The fourth-order valence-corrected chi connectivity index (χ4v) is 2.99. The molecule has 98 valence electrons. The second-order valence-corrected chi connectivity index (χ2v) is 6.65. The first-order valence-corrected chi connectivity index (χ1v) is 8.10. The molecule has 0 aromatic rings. The zero-order valence-electron chi connectivity index (χ0n) is 11.2. The Morgan fingerprint density at radius 3 is 1.75 bits per heavy atom. The third-order valence-corrected chi connectivity index (χ3v) is 5.20. The molecule has 0 rings (SSSR count). The molecule has 0 saturated carbocycles. The van der Waals surface area contributed by atoms with Gasteiger partial charge in [0.05, 0.1) is 18.9 Å². The van der Waals surface area contributed by atoms with E-state index in [0.717, 1.165) is 32.1 Å². The van der Waals surface area contributed by atoms with E-state index in [1.807, 2.05) is 13.8 Å². The molecular formula is C12H27O3P. The minimum atomic E-state index is -2.87.